The van der Waals surface area contributed by atoms with E-state index < -0.39 is 0 Å². The Labute approximate surface area is 157 Å². The van der Waals surface area contributed by atoms with Gasteiger partial charge in [-0.15, -0.1) is 0 Å². The number of ether oxygens (including phenoxy) is 2. The Kier molecular flexibility index (Phi) is 6.90. The fourth-order valence-electron chi connectivity index (χ4n) is 3.61. The van der Waals surface area contributed by atoms with E-state index in [2.05, 4.69) is 41.0 Å². The quantitative estimate of drug-likeness (QED) is 0.702. The van der Waals surface area contributed by atoms with E-state index in [1.165, 1.54) is 5.56 Å². The first-order chi connectivity index (χ1) is 12.7. The van der Waals surface area contributed by atoms with Crippen LogP contribution in [0.25, 0.3) is 0 Å². The maximum atomic E-state index is 9.25. The maximum Gasteiger partial charge on any atom is 0.119 e. The molecule has 2 aliphatic rings. The zero-order chi connectivity index (χ0) is 18.2. The molecule has 0 N–H and O–H groups in total. The van der Waals surface area contributed by atoms with E-state index in [4.69, 9.17) is 9.47 Å². The van der Waals surface area contributed by atoms with Gasteiger partial charge in [0.2, 0.25) is 0 Å². The first-order valence-corrected chi connectivity index (χ1v) is 9.82. The maximum absolute atomic E-state index is 9.25. The number of piperidine rings is 1. The normalized spacial score (nSPS) is 21.2. The van der Waals surface area contributed by atoms with Crippen molar-refractivity contribution >= 4 is 0 Å². The van der Waals surface area contributed by atoms with Gasteiger partial charge in [0.1, 0.15) is 5.75 Å². The van der Waals surface area contributed by atoms with Crippen molar-refractivity contribution in [3.63, 3.8) is 0 Å². The molecule has 142 valence electrons. The number of morpholine rings is 1. The molecule has 5 nitrogen and oxygen atoms in total. The molecule has 0 radical (unpaired) electrons. The van der Waals surface area contributed by atoms with E-state index in [-0.39, 0.29) is 5.41 Å². The first-order valence-electron chi connectivity index (χ1n) is 9.82. The van der Waals surface area contributed by atoms with Crippen molar-refractivity contribution in [2.45, 2.75) is 32.7 Å². The van der Waals surface area contributed by atoms with E-state index >= 15 is 0 Å². The summed E-state index contributed by atoms with van der Waals surface area (Å²) in [5.74, 6) is 0.961. The molecule has 2 aliphatic heterocycles. The molecule has 0 unspecified atom stereocenters. The Hall–Kier alpha value is -1.61. The Morgan fingerprint density at radius 2 is 1.92 bits per heavy atom. The number of nitrogens with zero attached hydrogens (tertiary/aromatic N) is 3. The molecule has 1 aromatic carbocycles. The zero-order valence-corrected chi connectivity index (χ0v) is 16.0. The number of rotatable bonds is 7. The predicted molar refractivity (Wildman–Crippen MR) is 102 cm³/mol. The molecule has 5 heteroatoms. The summed E-state index contributed by atoms with van der Waals surface area (Å²) in [7, 11) is 0. The van der Waals surface area contributed by atoms with Crippen LogP contribution in [0.2, 0.25) is 0 Å². The molecule has 3 rings (SSSR count). The van der Waals surface area contributed by atoms with Gasteiger partial charge in [-0.2, -0.15) is 5.26 Å². The number of hydrogen-bond donors (Lipinski definition) is 0. The lowest BCUT2D eigenvalue weighted by atomic mass is 9.82. The Bertz CT molecular complexity index is 600. The summed E-state index contributed by atoms with van der Waals surface area (Å²) in [6.07, 6.45) is 2.96. The molecule has 2 heterocycles. The summed E-state index contributed by atoms with van der Waals surface area (Å²) in [6, 6.07) is 10.9. The van der Waals surface area contributed by atoms with Crippen LogP contribution >= 0.6 is 0 Å². The van der Waals surface area contributed by atoms with Crippen LogP contribution < -0.4 is 4.74 Å². The van der Waals surface area contributed by atoms with E-state index in [0.717, 1.165) is 84.1 Å². The summed E-state index contributed by atoms with van der Waals surface area (Å²) in [6.45, 7) is 10.6. The second kappa shape index (κ2) is 9.36. The Morgan fingerprint density at radius 3 is 2.65 bits per heavy atom. The monoisotopic (exact) mass is 357 g/mol. The van der Waals surface area contributed by atoms with Crippen LogP contribution in [0.4, 0.5) is 0 Å². The molecular weight excluding hydrogens is 326 g/mol. The molecule has 0 atom stereocenters. The number of hydrogen-bond acceptors (Lipinski definition) is 5. The highest BCUT2D eigenvalue weighted by atomic mass is 16.5. The highest BCUT2D eigenvalue weighted by Crippen LogP contribution is 2.30. The molecule has 0 aliphatic carbocycles. The van der Waals surface area contributed by atoms with Gasteiger partial charge in [-0.3, -0.25) is 9.80 Å². The van der Waals surface area contributed by atoms with Gasteiger partial charge in [0.05, 0.1) is 31.3 Å². The van der Waals surface area contributed by atoms with Crippen LogP contribution in [0.1, 0.15) is 31.7 Å². The largest absolute Gasteiger partial charge is 0.494 e. The standard InChI is InChI=1S/C21H31N3O2/c1-21(18-22)6-9-24(10-7-21)17-19-4-2-5-20(16-19)26-13-3-8-23-11-14-25-15-12-23/h2,4-5,16H,3,6-15,17H2,1H3. The van der Waals surface area contributed by atoms with Gasteiger partial charge in [-0.25, -0.2) is 0 Å². The summed E-state index contributed by atoms with van der Waals surface area (Å²) < 4.78 is 11.3. The fourth-order valence-corrected chi connectivity index (χ4v) is 3.61. The van der Waals surface area contributed by atoms with E-state index in [9.17, 15) is 5.26 Å². The van der Waals surface area contributed by atoms with Crippen molar-refractivity contribution in [1.29, 1.82) is 5.26 Å². The van der Waals surface area contributed by atoms with Gasteiger partial charge in [0, 0.05) is 26.2 Å². The lowest BCUT2D eigenvalue weighted by molar-refractivity contribution is 0.0358. The SMILES string of the molecule is CC1(C#N)CCN(Cc2cccc(OCCCN3CCOCC3)c2)CC1. The molecular formula is C21H31N3O2. The summed E-state index contributed by atoms with van der Waals surface area (Å²) in [5.41, 5.74) is 1.15. The van der Waals surface area contributed by atoms with Gasteiger partial charge in [0.25, 0.3) is 0 Å². The van der Waals surface area contributed by atoms with Crippen molar-refractivity contribution in [1.82, 2.24) is 9.80 Å². The molecule has 0 saturated carbocycles. The highest BCUT2D eigenvalue weighted by molar-refractivity contribution is 5.28. The van der Waals surface area contributed by atoms with Crippen molar-refractivity contribution in [3.8, 4) is 11.8 Å². The molecule has 0 aromatic heterocycles. The number of benzene rings is 1. The zero-order valence-electron chi connectivity index (χ0n) is 16.0. The van der Waals surface area contributed by atoms with Crippen molar-refractivity contribution in [2.75, 3.05) is 52.5 Å². The minimum Gasteiger partial charge on any atom is -0.494 e. The third kappa shape index (κ3) is 5.70. The highest BCUT2D eigenvalue weighted by Gasteiger charge is 2.29. The third-order valence-corrected chi connectivity index (χ3v) is 5.53. The smallest absolute Gasteiger partial charge is 0.119 e. The first kappa shape index (κ1) is 19.2. The summed E-state index contributed by atoms with van der Waals surface area (Å²) >= 11 is 0. The van der Waals surface area contributed by atoms with Crippen LogP contribution in [0, 0.1) is 16.7 Å². The molecule has 0 bridgehead atoms. The molecule has 2 fully saturated rings. The van der Waals surface area contributed by atoms with Crippen LogP contribution in [0.15, 0.2) is 24.3 Å². The van der Waals surface area contributed by atoms with Crippen LogP contribution in [0.5, 0.6) is 5.75 Å². The Balaban J connectivity index is 1.40. The van der Waals surface area contributed by atoms with E-state index in [0.29, 0.717) is 0 Å². The number of likely N-dealkylation sites (tertiary alicyclic amines) is 1. The second-order valence-electron chi connectivity index (χ2n) is 7.75. The topological polar surface area (TPSA) is 48.7 Å². The van der Waals surface area contributed by atoms with Gasteiger partial charge in [-0.1, -0.05) is 12.1 Å². The molecule has 0 spiro atoms. The minimum absolute atomic E-state index is 0.137. The molecule has 2 saturated heterocycles. The predicted octanol–water partition coefficient (Wildman–Crippen LogP) is 2.91. The fraction of sp³-hybridized carbons (Fsp3) is 0.667. The van der Waals surface area contributed by atoms with Crippen molar-refractivity contribution in [2.24, 2.45) is 5.41 Å². The van der Waals surface area contributed by atoms with Crippen molar-refractivity contribution < 1.29 is 9.47 Å². The number of nitriles is 1. The summed E-state index contributed by atoms with van der Waals surface area (Å²) in [5, 5.41) is 9.25. The second-order valence-corrected chi connectivity index (χ2v) is 7.75. The molecule has 1 aromatic rings. The lowest BCUT2D eigenvalue weighted by Gasteiger charge is -2.34. The van der Waals surface area contributed by atoms with Gasteiger partial charge >= 0.3 is 0 Å². The van der Waals surface area contributed by atoms with Crippen LogP contribution in [-0.2, 0) is 11.3 Å². The van der Waals surface area contributed by atoms with Gasteiger partial charge in [-0.05, 0) is 57.0 Å². The average Bonchev–Trinajstić information content (AvgIpc) is 2.68. The van der Waals surface area contributed by atoms with E-state index in [1.807, 2.05) is 6.07 Å². The average molecular weight is 357 g/mol. The molecule has 26 heavy (non-hydrogen) atoms. The minimum atomic E-state index is -0.137. The lowest BCUT2D eigenvalue weighted by Crippen LogP contribution is -2.37. The van der Waals surface area contributed by atoms with Crippen LogP contribution in [0.3, 0.4) is 0 Å². The van der Waals surface area contributed by atoms with E-state index in [1.54, 1.807) is 0 Å². The molecule has 0 amide bonds. The van der Waals surface area contributed by atoms with Crippen molar-refractivity contribution in [3.05, 3.63) is 29.8 Å². The Morgan fingerprint density at radius 1 is 1.15 bits per heavy atom. The summed E-state index contributed by atoms with van der Waals surface area (Å²) in [4.78, 5) is 4.88. The van der Waals surface area contributed by atoms with Gasteiger partial charge in [0.15, 0.2) is 0 Å². The van der Waals surface area contributed by atoms with Gasteiger partial charge < -0.3 is 9.47 Å². The van der Waals surface area contributed by atoms with Crippen LogP contribution in [-0.4, -0.2) is 62.3 Å². The third-order valence-electron chi connectivity index (χ3n) is 5.53.